The van der Waals surface area contributed by atoms with Crippen molar-refractivity contribution in [2.45, 2.75) is 49.5 Å². The number of hydrogen-bond donors (Lipinski definition) is 4. The number of aliphatic hydroxyl groups is 4. The zero-order chi connectivity index (χ0) is 15.8. The van der Waals surface area contributed by atoms with Gasteiger partial charge >= 0.3 is 11.9 Å². The number of carbonyl (C=O) groups excluding carboxylic acids is 2. The molecule has 4 fully saturated rings. The Bertz CT molecular complexity index is 475. The van der Waals surface area contributed by atoms with Crippen molar-refractivity contribution in [1.29, 1.82) is 0 Å². The molecule has 8 nitrogen and oxygen atoms in total. The van der Waals surface area contributed by atoms with Gasteiger partial charge in [-0.3, -0.25) is 9.59 Å². The molecule has 4 N–H and O–H groups in total. The molecule has 2 saturated carbocycles. The zero-order valence-electron chi connectivity index (χ0n) is 11.6. The number of hydrogen-bond acceptors (Lipinski definition) is 8. The van der Waals surface area contributed by atoms with Crippen LogP contribution in [0.4, 0.5) is 0 Å². The third kappa shape index (κ3) is 1.72. The maximum Gasteiger partial charge on any atom is 0.309 e. The first-order chi connectivity index (χ1) is 10.4. The molecule has 4 aliphatic rings. The summed E-state index contributed by atoms with van der Waals surface area (Å²) in [4.78, 5) is 24.4. The van der Waals surface area contributed by atoms with Crippen LogP contribution in [0.15, 0.2) is 0 Å². The van der Waals surface area contributed by atoms with E-state index in [1.165, 1.54) is 0 Å². The first-order valence-electron chi connectivity index (χ1n) is 7.53. The van der Waals surface area contributed by atoms with Crippen LogP contribution in [-0.2, 0) is 19.1 Å². The van der Waals surface area contributed by atoms with E-state index < -0.39 is 72.2 Å². The highest BCUT2D eigenvalue weighted by molar-refractivity contribution is 5.79. The summed E-state index contributed by atoms with van der Waals surface area (Å²) < 4.78 is 10.6. The van der Waals surface area contributed by atoms with Gasteiger partial charge in [0, 0.05) is 11.8 Å². The molecule has 2 aliphatic carbocycles. The Morgan fingerprint density at radius 3 is 1.45 bits per heavy atom. The van der Waals surface area contributed by atoms with Gasteiger partial charge in [-0.25, -0.2) is 0 Å². The Morgan fingerprint density at radius 2 is 1.09 bits per heavy atom. The van der Waals surface area contributed by atoms with Crippen molar-refractivity contribution in [2.75, 3.05) is 0 Å². The number of rotatable bonds is 0. The second kappa shape index (κ2) is 4.64. The largest absolute Gasteiger partial charge is 0.459 e. The fourth-order valence-electron chi connectivity index (χ4n) is 4.69. The minimum Gasteiger partial charge on any atom is -0.459 e. The molecule has 0 radical (unpaired) electrons. The number of ether oxygens (including phenoxy) is 2. The van der Waals surface area contributed by atoms with Gasteiger partial charge in [-0.15, -0.1) is 0 Å². The van der Waals surface area contributed by atoms with Gasteiger partial charge in [0.1, 0.15) is 24.4 Å². The zero-order valence-corrected chi connectivity index (χ0v) is 11.6. The highest BCUT2D eigenvalue weighted by Crippen LogP contribution is 2.53. The van der Waals surface area contributed by atoms with Gasteiger partial charge in [0.15, 0.2) is 0 Å². The van der Waals surface area contributed by atoms with Gasteiger partial charge in [0.05, 0.1) is 24.0 Å². The van der Waals surface area contributed by atoms with E-state index >= 15 is 0 Å². The van der Waals surface area contributed by atoms with Crippen LogP contribution in [0.5, 0.6) is 0 Å². The Labute approximate surface area is 125 Å². The molecule has 0 bridgehead atoms. The fourth-order valence-corrected chi connectivity index (χ4v) is 4.69. The predicted molar refractivity (Wildman–Crippen MR) is 67.0 cm³/mol. The van der Waals surface area contributed by atoms with Crippen LogP contribution in [0.2, 0.25) is 0 Å². The highest BCUT2D eigenvalue weighted by atomic mass is 16.6. The summed E-state index contributed by atoms with van der Waals surface area (Å²) in [6, 6.07) is 0. The first-order valence-corrected chi connectivity index (χ1v) is 7.53. The maximum atomic E-state index is 12.2. The van der Waals surface area contributed by atoms with Crippen molar-refractivity contribution in [3.8, 4) is 0 Å². The van der Waals surface area contributed by atoms with Crippen LogP contribution in [0.3, 0.4) is 0 Å². The molecule has 10 atom stereocenters. The molecule has 0 spiro atoms. The van der Waals surface area contributed by atoms with Crippen molar-refractivity contribution in [3.05, 3.63) is 0 Å². The van der Waals surface area contributed by atoms with Crippen molar-refractivity contribution in [3.63, 3.8) is 0 Å². The lowest BCUT2D eigenvalue weighted by Crippen LogP contribution is -2.70. The Hall–Kier alpha value is -1.22. The van der Waals surface area contributed by atoms with E-state index in [1.807, 2.05) is 0 Å². The molecule has 2 aliphatic heterocycles. The molecule has 10 unspecified atom stereocenters. The number of esters is 2. The van der Waals surface area contributed by atoms with Gasteiger partial charge in [-0.2, -0.15) is 0 Å². The van der Waals surface area contributed by atoms with E-state index in [1.54, 1.807) is 0 Å². The SMILES string of the molecule is O=C1OC2C(O)C(O)CC3C(=O)OC4C(O)C(O)CC1C4C32. The molecule has 0 aromatic heterocycles. The summed E-state index contributed by atoms with van der Waals surface area (Å²) in [6.45, 7) is 0. The summed E-state index contributed by atoms with van der Waals surface area (Å²) >= 11 is 0. The average molecular weight is 314 g/mol. The Balaban J connectivity index is 1.78. The molecular weight excluding hydrogens is 296 g/mol. The second-order valence-electron chi connectivity index (χ2n) is 6.76. The van der Waals surface area contributed by atoms with Gasteiger partial charge in [0.25, 0.3) is 0 Å². The lowest BCUT2D eigenvalue weighted by Gasteiger charge is -2.57. The van der Waals surface area contributed by atoms with Crippen LogP contribution in [0.1, 0.15) is 12.8 Å². The molecule has 0 aromatic rings. The van der Waals surface area contributed by atoms with Crippen LogP contribution in [-0.4, -0.2) is 69.0 Å². The van der Waals surface area contributed by atoms with Crippen molar-refractivity contribution in [2.24, 2.45) is 23.7 Å². The van der Waals surface area contributed by atoms with E-state index in [2.05, 4.69) is 0 Å². The van der Waals surface area contributed by atoms with Gasteiger partial charge < -0.3 is 29.9 Å². The van der Waals surface area contributed by atoms with Crippen molar-refractivity contribution >= 4 is 11.9 Å². The lowest BCUT2D eigenvalue weighted by molar-refractivity contribution is -0.266. The molecule has 0 amide bonds. The third-order valence-corrected chi connectivity index (χ3v) is 5.69. The molecule has 2 heterocycles. The minimum absolute atomic E-state index is 0.0350. The van der Waals surface area contributed by atoms with Crippen LogP contribution >= 0.6 is 0 Å². The van der Waals surface area contributed by atoms with E-state index in [-0.39, 0.29) is 12.8 Å². The molecule has 2 saturated heterocycles. The topological polar surface area (TPSA) is 134 Å². The van der Waals surface area contributed by atoms with Crippen LogP contribution in [0, 0.1) is 23.7 Å². The van der Waals surface area contributed by atoms with Gasteiger partial charge in [-0.1, -0.05) is 0 Å². The summed E-state index contributed by atoms with van der Waals surface area (Å²) in [6.07, 6.45) is -6.76. The summed E-state index contributed by atoms with van der Waals surface area (Å²) in [5, 5.41) is 40.0. The van der Waals surface area contributed by atoms with E-state index in [0.29, 0.717) is 0 Å². The smallest absolute Gasteiger partial charge is 0.309 e. The van der Waals surface area contributed by atoms with Crippen molar-refractivity contribution in [1.82, 2.24) is 0 Å². The average Bonchev–Trinajstić information content (AvgIpc) is 2.47. The highest BCUT2D eigenvalue weighted by Gasteiger charge is 2.65. The number of aliphatic hydroxyl groups excluding tert-OH is 4. The van der Waals surface area contributed by atoms with E-state index in [4.69, 9.17) is 9.47 Å². The van der Waals surface area contributed by atoms with Crippen LogP contribution in [0.25, 0.3) is 0 Å². The minimum atomic E-state index is -1.26. The normalized spacial score (nSPS) is 56.7. The predicted octanol–water partition coefficient (Wildman–Crippen LogP) is -2.45. The molecule has 0 aromatic carbocycles. The fraction of sp³-hybridized carbons (Fsp3) is 0.857. The van der Waals surface area contributed by atoms with Crippen molar-refractivity contribution < 1.29 is 39.5 Å². The molecular formula is C14H18O8. The standard InChI is InChI=1S/C14H18O8/c15-5-1-3-7-8-4(14(20)22-11(7)9(5)17)2-6(16)10(18)12(8)21-13(3)19/h3-12,15-18H,1-2H2. The lowest BCUT2D eigenvalue weighted by atomic mass is 9.57. The van der Waals surface area contributed by atoms with Gasteiger partial charge in [-0.05, 0) is 12.8 Å². The summed E-state index contributed by atoms with van der Waals surface area (Å²) in [7, 11) is 0. The summed E-state index contributed by atoms with van der Waals surface area (Å²) in [5.41, 5.74) is 0. The molecule has 8 heteroatoms. The Morgan fingerprint density at radius 1 is 0.727 bits per heavy atom. The first kappa shape index (κ1) is 14.4. The van der Waals surface area contributed by atoms with Gasteiger partial charge in [0.2, 0.25) is 0 Å². The quantitative estimate of drug-likeness (QED) is 0.362. The van der Waals surface area contributed by atoms with Crippen LogP contribution < -0.4 is 0 Å². The second-order valence-corrected chi connectivity index (χ2v) is 6.76. The molecule has 122 valence electrons. The number of carbonyl (C=O) groups is 2. The summed E-state index contributed by atoms with van der Waals surface area (Å²) in [5.74, 6) is -3.55. The Kier molecular flexibility index (Phi) is 3.03. The van der Waals surface area contributed by atoms with E-state index in [0.717, 1.165) is 0 Å². The third-order valence-electron chi connectivity index (χ3n) is 5.69. The van der Waals surface area contributed by atoms with E-state index in [9.17, 15) is 30.0 Å². The monoisotopic (exact) mass is 314 g/mol. The molecule has 22 heavy (non-hydrogen) atoms. The molecule has 4 rings (SSSR count). The maximum absolute atomic E-state index is 12.2.